The molecule has 0 saturated heterocycles. The predicted octanol–water partition coefficient (Wildman–Crippen LogP) is 1.04. The van der Waals surface area contributed by atoms with E-state index in [4.69, 9.17) is 9.47 Å². The molecule has 0 unspecified atom stereocenters. The molecule has 6 nitrogen and oxygen atoms in total. The van der Waals surface area contributed by atoms with Crippen LogP contribution >= 0.6 is 0 Å². The van der Waals surface area contributed by atoms with E-state index >= 15 is 0 Å². The molecule has 94 valence electrons. The van der Waals surface area contributed by atoms with Gasteiger partial charge in [-0.2, -0.15) is 0 Å². The van der Waals surface area contributed by atoms with Crippen LogP contribution in [0.4, 0.5) is 0 Å². The van der Waals surface area contributed by atoms with Crippen molar-refractivity contribution < 1.29 is 24.2 Å². The predicted molar refractivity (Wildman–Crippen MR) is 60.4 cm³/mol. The number of aryl methyl sites for hydroxylation is 2. The van der Waals surface area contributed by atoms with Gasteiger partial charge in [0, 0.05) is 12.2 Å². The molecule has 1 aromatic heterocycles. The SMILES string of the molecule is CCc1nc(C)c2c(c1O)OC(=O)/C=C/C(=O)O2. The molecular formula is C12H11NO5. The Bertz CT molecular complexity index is 562. The number of esters is 2. The Balaban J connectivity index is 2.64. The Morgan fingerprint density at radius 1 is 1.17 bits per heavy atom. The van der Waals surface area contributed by atoms with Gasteiger partial charge in [0.1, 0.15) is 0 Å². The van der Waals surface area contributed by atoms with Crippen LogP contribution in [0.25, 0.3) is 0 Å². The zero-order valence-electron chi connectivity index (χ0n) is 9.89. The van der Waals surface area contributed by atoms with Crippen LogP contribution in [-0.4, -0.2) is 22.0 Å². The minimum Gasteiger partial charge on any atom is -0.503 e. The number of fused-ring (bicyclic) bond motifs is 1. The number of carbonyl (C=O) groups is 2. The third-order valence-electron chi connectivity index (χ3n) is 2.42. The quantitative estimate of drug-likeness (QED) is 0.748. The van der Waals surface area contributed by atoms with Crippen molar-refractivity contribution in [3.05, 3.63) is 23.5 Å². The van der Waals surface area contributed by atoms with Crippen LogP contribution in [0.15, 0.2) is 12.2 Å². The lowest BCUT2D eigenvalue weighted by Crippen LogP contribution is -2.15. The highest BCUT2D eigenvalue weighted by Gasteiger charge is 2.24. The number of rotatable bonds is 1. The molecule has 1 N–H and O–H groups in total. The zero-order valence-corrected chi connectivity index (χ0v) is 9.89. The summed E-state index contributed by atoms with van der Waals surface area (Å²) in [5, 5.41) is 9.92. The van der Waals surface area contributed by atoms with Crippen LogP contribution in [0.2, 0.25) is 0 Å². The first-order valence-electron chi connectivity index (χ1n) is 5.37. The molecule has 0 bridgehead atoms. The van der Waals surface area contributed by atoms with E-state index in [0.717, 1.165) is 12.2 Å². The number of pyridine rings is 1. The fraction of sp³-hybridized carbons (Fsp3) is 0.250. The van der Waals surface area contributed by atoms with Crippen molar-refractivity contribution in [1.29, 1.82) is 0 Å². The van der Waals surface area contributed by atoms with E-state index in [1.807, 2.05) is 0 Å². The lowest BCUT2D eigenvalue weighted by Gasteiger charge is -2.15. The number of nitrogens with zero attached hydrogens (tertiary/aromatic N) is 1. The van der Waals surface area contributed by atoms with Crippen molar-refractivity contribution >= 4 is 11.9 Å². The highest BCUT2D eigenvalue weighted by Crippen LogP contribution is 2.41. The van der Waals surface area contributed by atoms with Crippen LogP contribution in [-0.2, 0) is 16.0 Å². The van der Waals surface area contributed by atoms with E-state index in [1.54, 1.807) is 13.8 Å². The van der Waals surface area contributed by atoms with E-state index in [0.29, 0.717) is 17.8 Å². The molecule has 0 aliphatic carbocycles. The van der Waals surface area contributed by atoms with Crippen molar-refractivity contribution in [1.82, 2.24) is 4.98 Å². The molecule has 0 saturated carbocycles. The first kappa shape index (κ1) is 12.1. The Morgan fingerprint density at radius 3 is 2.28 bits per heavy atom. The monoisotopic (exact) mass is 249 g/mol. The van der Waals surface area contributed by atoms with Crippen molar-refractivity contribution in [3.63, 3.8) is 0 Å². The van der Waals surface area contributed by atoms with E-state index in [9.17, 15) is 14.7 Å². The first-order valence-corrected chi connectivity index (χ1v) is 5.37. The van der Waals surface area contributed by atoms with Crippen molar-refractivity contribution in [2.75, 3.05) is 0 Å². The Kier molecular flexibility index (Phi) is 3.01. The summed E-state index contributed by atoms with van der Waals surface area (Å²) < 4.78 is 9.92. The Labute approximate surface area is 103 Å². The summed E-state index contributed by atoms with van der Waals surface area (Å²) in [7, 11) is 0. The van der Waals surface area contributed by atoms with Crippen LogP contribution in [0.3, 0.4) is 0 Å². The highest BCUT2D eigenvalue weighted by molar-refractivity contribution is 5.95. The smallest absolute Gasteiger partial charge is 0.336 e. The van der Waals surface area contributed by atoms with Crippen LogP contribution < -0.4 is 9.47 Å². The van der Waals surface area contributed by atoms with E-state index in [-0.39, 0.29) is 17.2 Å². The Morgan fingerprint density at radius 2 is 1.72 bits per heavy atom. The maximum absolute atomic E-state index is 11.4. The summed E-state index contributed by atoms with van der Waals surface area (Å²) in [6.45, 7) is 3.40. The summed E-state index contributed by atoms with van der Waals surface area (Å²) in [6, 6.07) is 0. The number of hydrogen-bond acceptors (Lipinski definition) is 6. The molecule has 0 fully saturated rings. The van der Waals surface area contributed by atoms with Crippen molar-refractivity contribution in [2.24, 2.45) is 0 Å². The van der Waals surface area contributed by atoms with Gasteiger partial charge in [0.2, 0.25) is 5.75 Å². The largest absolute Gasteiger partial charge is 0.503 e. The van der Waals surface area contributed by atoms with Crippen LogP contribution in [0, 0.1) is 6.92 Å². The number of aromatic hydroxyl groups is 1. The van der Waals surface area contributed by atoms with Gasteiger partial charge in [-0.25, -0.2) is 9.59 Å². The second-order valence-corrected chi connectivity index (χ2v) is 3.68. The molecule has 0 radical (unpaired) electrons. The van der Waals surface area contributed by atoms with E-state index in [1.165, 1.54) is 0 Å². The van der Waals surface area contributed by atoms with Crippen LogP contribution in [0.5, 0.6) is 17.2 Å². The zero-order chi connectivity index (χ0) is 13.3. The minimum absolute atomic E-state index is 0.0348. The van der Waals surface area contributed by atoms with Gasteiger partial charge in [-0.3, -0.25) is 4.98 Å². The number of aromatic nitrogens is 1. The molecule has 1 aromatic rings. The fourth-order valence-electron chi connectivity index (χ4n) is 1.58. The van der Waals surface area contributed by atoms with E-state index in [2.05, 4.69) is 4.98 Å². The topological polar surface area (TPSA) is 85.7 Å². The second kappa shape index (κ2) is 4.48. The first-order chi connectivity index (χ1) is 8.52. The average molecular weight is 249 g/mol. The summed E-state index contributed by atoms with van der Waals surface area (Å²) in [6.07, 6.45) is 2.35. The standard InChI is InChI=1S/C12H11NO5/c1-3-7-10(16)12-11(6(2)13-7)17-8(14)4-5-9(15)18-12/h4-5,16H,3H2,1-2H3/b5-4+. The number of ether oxygens (including phenoxy) is 2. The summed E-state index contributed by atoms with van der Waals surface area (Å²) in [5.41, 5.74) is 0.746. The molecule has 1 aliphatic rings. The number of carbonyl (C=O) groups excluding carboxylic acids is 2. The second-order valence-electron chi connectivity index (χ2n) is 3.68. The van der Waals surface area contributed by atoms with Gasteiger partial charge in [0.25, 0.3) is 0 Å². The summed E-state index contributed by atoms with van der Waals surface area (Å²) in [5.74, 6) is -1.96. The summed E-state index contributed by atoms with van der Waals surface area (Å²) in [4.78, 5) is 26.8. The molecule has 0 aromatic carbocycles. The molecular weight excluding hydrogens is 238 g/mol. The third kappa shape index (κ3) is 2.04. The maximum atomic E-state index is 11.4. The summed E-state index contributed by atoms with van der Waals surface area (Å²) >= 11 is 0. The maximum Gasteiger partial charge on any atom is 0.336 e. The molecule has 0 spiro atoms. The fourth-order valence-corrected chi connectivity index (χ4v) is 1.58. The Hall–Kier alpha value is -2.37. The molecule has 0 atom stereocenters. The van der Waals surface area contributed by atoms with Gasteiger partial charge >= 0.3 is 11.9 Å². The van der Waals surface area contributed by atoms with Gasteiger partial charge in [0.05, 0.1) is 11.4 Å². The lowest BCUT2D eigenvalue weighted by molar-refractivity contribution is -0.133. The van der Waals surface area contributed by atoms with Crippen molar-refractivity contribution in [2.45, 2.75) is 20.3 Å². The average Bonchev–Trinajstić information content (AvgIpc) is 2.33. The number of hydrogen-bond donors (Lipinski definition) is 1. The van der Waals surface area contributed by atoms with Gasteiger partial charge in [-0.1, -0.05) is 6.92 Å². The molecule has 0 amide bonds. The minimum atomic E-state index is -0.754. The molecule has 6 heteroatoms. The normalized spacial score (nSPS) is 16.1. The van der Waals surface area contributed by atoms with Gasteiger partial charge < -0.3 is 14.6 Å². The highest BCUT2D eigenvalue weighted by atomic mass is 16.6. The van der Waals surface area contributed by atoms with Gasteiger partial charge in [0.15, 0.2) is 11.5 Å². The van der Waals surface area contributed by atoms with Gasteiger partial charge in [-0.05, 0) is 13.3 Å². The molecule has 2 rings (SSSR count). The van der Waals surface area contributed by atoms with Gasteiger partial charge in [-0.15, -0.1) is 0 Å². The molecule has 2 heterocycles. The lowest BCUT2D eigenvalue weighted by atomic mass is 10.2. The van der Waals surface area contributed by atoms with Crippen molar-refractivity contribution in [3.8, 4) is 17.2 Å². The third-order valence-corrected chi connectivity index (χ3v) is 2.42. The van der Waals surface area contributed by atoms with E-state index < -0.39 is 11.9 Å². The van der Waals surface area contributed by atoms with Crippen LogP contribution in [0.1, 0.15) is 18.3 Å². The molecule has 18 heavy (non-hydrogen) atoms. The molecule has 1 aliphatic heterocycles.